The van der Waals surface area contributed by atoms with E-state index in [0.717, 1.165) is 18.8 Å². The quantitative estimate of drug-likeness (QED) is 0.769. The van der Waals surface area contributed by atoms with Crippen molar-refractivity contribution in [2.24, 2.45) is 11.8 Å². The van der Waals surface area contributed by atoms with Gasteiger partial charge in [-0.3, -0.25) is 4.79 Å². The van der Waals surface area contributed by atoms with Crippen LogP contribution in [0.25, 0.3) is 0 Å². The van der Waals surface area contributed by atoms with Crippen LogP contribution in [0.15, 0.2) is 0 Å². The Balaban J connectivity index is 1.75. The van der Waals surface area contributed by atoms with Gasteiger partial charge in [-0.25, -0.2) is 0 Å². The molecule has 1 N–H and O–H groups in total. The molecule has 0 bridgehead atoms. The number of ether oxygens (including phenoxy) is 1. The fourth-order valence-electron chi connectivity index (χ4n) is 3.30. The number of esters is 1. The van der Waals surface area contributed by atoms with Crippen molar-refractivity contribution in [1.29, 1.82) is 0 Å². The SMILES string of the molecule is CCOC(=O)C1CCC([C@@H]2CCCCN2)CC1. The highest BCUT2D eigenvalue weighted by Crippen LogP contribution is 2.33. The van der Waals surface area contributed by atoms with Crippen molar-refractivity contribution < 1.29 is 9.53 Å². The molecule has 0 unspecified atom stereocenters. The summed E-state index contributed by atoms with van der Waals surface area (Å²) in [7, 11) is 0. The van der Waals surface area contributed by atoms with E-state index in [9.17, 15) is 4.79 Å². The van der Waals surface area contributed by atoms with E-state index in [4.69, 9.17) is 4.74 Å². The van der Waals surface area contributed by atoms with E-state index >= 15 is 0 Å². The van der Waals surface area contributed by atoms with Crippen LogP contribution < -0.4 is 5.32 Å². The summed E-state index contributed by atoms with van der Waals surface area (Å²) in [6, 6.07) is 0.715. The average molecular weight is 239 g/mol. The minimum absolute atomic E-state index is 0.0301. The molecule has 1 atom stereocenters. The van der Waals surface area contributed by atoms with Crippen LogP contribution in [-0.2, 0) is 9.53 Å². The van der Waals surface area contributed by atoms with Gasteiger partial charge >= 0.3 is 5.97 Å². The number of carbonyl (C=O) groups excluding carboxylic acids is 1. The van der Waals surface area contributed by atoms with Crippen LogP contribution in [-0.4, -0.2) is 25.2 Å². The van der Waals surface area contributed by atoms with Crippen molar-refractivity contribution in [3.63, 3.8) is 0 Å². The maximum atomic E-state index is 11.6. The molecule has 2 fully saturated rings. The molecule has 1 aliphatic carbocycles. The van der Waals surface area contributed by atoms with E-state index < -0.39 is 0 Å². The summed E-state index contributed by atoms with van der Waals surface area (Å²) < 4.78 is 5.11. The van der Waals surface area contributed by atoms with Crippen LogP contribution >= 0.6 is 0 Å². The third-order valence-electron chi connectivity index (χ3n) is 4.31. The minimum atomic E-state index is 0.0301. The standard InChI is InChI=1S/C14H25NO2/c1-2-17-14(16)12-8-6-11(7-9-12)13-5-3-4-10-15-13/h11-13,15H,2-10H2,1H3/t11?,12?,13-/m0/s1. The van der Waals surface area contributed by atoms with E-state index in [-0.39, 0.29) is 11.9 Å². The van der Waals surface area contributed by atoms with Gasteiger partial charge < -0.3 is 10.1 Å². The maximum Gasteiger partial charge on any atom is 0.308 e. The lowest BCUT2D eigenvalue weighted by Crippen LogP contribution is -2.41. The first kappa shape index (κ1) is 12.9. The zero-order valence-electron chi connectivity index (χ0n) is 10.9. The Morgan fingerprint density at radius 2 is 1.94 bits per heavy atom. The molecule has 2 aliphatic rings. The summed E-state index contributed by atoms with van der Waals surface area (Å²) in [6.45, 7) is 3.58. The number of hydrogen-bond donors (Lipinski definition) is 1. The van der Waals surface area contributed by atoms with E-state index in [1.165, 1.54) is 38.6 Å². The molecule has 0 amide bonds. The predicted octanol–water partition coefficient (Wildman–Crippen LogP) is 2.50. The summed E-state index contributed by atoms with van der Waals surface area (Å²) in [6.07, 6.45) is 8.48. The van der Waals surface area contributed by atoms with Crippen molar-refractivity contribution in [3.05, 3.63) is 0 Å². The van der Waals surface area contributed by atoms with Gasteiger partial charge in [0, 0.05) is 6.04 Å². The largest absolute Gasteiger partial charge is 0.466 e. The van der Waals surface area contributed by atoms with Crippen molar-refractivity contribution in [3.8, 4) is 0 Å². The van der Waals surface area contributed by atoms with Crippen LogP contribution in [0.5, 0.6) is 0 Å². The van der Waals surface area contributed by atoms with Gasteiger partial charge in [0.05, 0.1) is 12.5 Å². The van der Waals surface area contributed by atoms with Gasteiger partial charge in [0.15, 0.2) is 0 Å². The summed E-state index contributed by atoms with van der Waals surface area (Å²) in [4.78, 5) is 11.6. The van der Waals surface area contributed by atoms with Gasteiger partial charge in [-0.15, -0.1) is 0 Å². The molecule has 98 valence electrons. The Hall–Kier alpha value is -0.570. The molecule has 0 aromatic carbocycles. The van der Waals surface area contributed by atoms with Crippen LogP contribution in [0, 0.1) is 11.8 Å². The molecule has 0 radical (unpaired) electrons. The van der Waals surface area contributed by atoms with Gasteiger partial charge in [0.25, 0.3) is 0 Å². The lowest BCUT2D eigenvalue weighted by atomic mass is 9.76. The molecule has 3 heteroatoms. The van der Waals surface area contributed by atoms with Gasteiger partial charge in [-0.1, -0.05) is 6.42 Å². The lowest BCUT2D eigenvalue weighted by molar-refractivity contribution is -0.149. The van der Waals surface area contributed by atoms with Crippen LogP contribution in [0.2, 0.25) is 0 Å². The van der Waals surface area contributed by atoms with Gasteiger partial charge in [0.2, 0.25) is 0 Å². The zero-order valence-corrected chi connectivity index (χ0v) is 10.9. The second-order valence-corrected chi connectivity index (χ2v) is 5.42. The molecule has 1 heterocycles. The third kappa shape index (κ3) is 3.44. The Labute approximate surface area is 104 Å². The lowest BCUT2D eigenvalue weighted by Gasteiger charge is -2.35. The predicted molar refractivity (Wildman–Crippen MR) is 67.7 cm³/mol. The third-order valence-corrected chi connectivity index (χ3v) is 4.31. The summed E-state index contributed by atoms with van der Waals surface area (Å²) >= 11 is 0. The molecule has 2 rings (SSSR count). The van der Waals surface area contributed by atoms with Crippen molar-refractivity contribution in [2.45, 2.75) is 57.9 Å². The van der Waals surface area contributed by atoms with E-state index in [0.29, 0.717) is 12.6 Å². The molecule has 1 saturated carbocycles. The highest BCUT2D eigenvalue weighted by Gasteiger charge is 2.31. The zero-order chi connectivity index (χ0) is 12.1. The number of nitrogens with one attached hydrogen (secondary N) is 1. The highest BCUT2D eigenvalue weighted by molar-refractivity contribution is 5.72. The fourth-order valence-corrected chi connectivity index (χ4v) is 3.30. The van der Waals surface area contributed by atoms with Crippen LogP contribution in [0.4, 0.5) is 0 Å². The summed E-state index contributed by atoms with van der Waals surface area (Å²) in [5.74, 6) is 0.998. The minimum Gasteiger partial charge on any atom is -0.466 e. The van der Waals surface area contributed by atoms with Gasteiger partial charge in [-0.2, -0.15) is 0 Å². The Kier molecular flexibility index (Phi) is 4.84. The first-order valence-corrected chi connectivity index (χ1v) is 7.21. The van der Waals surface area contributed by atoms with Gasteiger partial charge in [0.1, 0.15) is 0 Å². The van der Waals surface area contributed by atoms with E-state index in [1.807, 2.05) is 6.92 Å². The first-order chi connectivity index (χ1) is 8.31. The molecular weight excluding hydrogens is 214 g/mol. The second-order valence-electron chi connectivity index (χ2n) is 5.42. The maximum absolute atomic E-state index is 11.6. The fraction of sp³-hybridized carbons (Fsp3) is 0.929. The van der Waals surface area contributed by atoms with Crippen molar-refractivity contribution in [1.82, 2.24) is 5.32 Å². The molecule has 1 saturated heterocycles. The average Bonchev–Trinajstić information content (AvgIpc) is 2.40. The molecule has 1 aliphatic heterocycles. The Bertz CT molecular complexity index is 241. The first-order valence-electron chi connectivity index (χ1n) is 7.21. The molecule has 0 aromatic heterocycles. The molecule has 0 aromatic rings. The van der Waals surface area contributed by atoms with Gasteiger partial charge in [-0.05, 0) is 57.9 Å². The highest BCUT2D eigenvalue weighted by atomic mass is 16.5. The normalized spacial score (nSPS) is 34.3. The van der Waals surface area contributed by atoms with E-state index in [1.54, 1.807) is 0 Å². The number of hydrogen-bond acceptors (Lipinski definition) is 3. The monoisotopic (exact) mass is 239 g/mol. The molecule has 3 nitrogen and oxygen atoms in total. The summed E-state index contributed by atoms with van der Waals surface area (Å²) in [5.41, 5.74) is 0. The van der Waals surface area contributed by atoms with Crippen molar-refractivity contribution >= 4 is 5.97 Å². The smallest absolute Gasteiger partial charge is 0.308 e. The van der Waals surface area contributed by atoms with Crippen LogP contribution in [0.3, 0.4) is 0 Å². The van der Waals surface area contributed by atoms with Crippen LogP contribution in [0.1, 0.15) is 51.9 Å². The van der Waals surface area contributed by atoms with Crippen molar-refractivity contribution in [2.75, 3.05) is 13.2 Å². The number of rotatable bonds is 3. The topological polar surface area (TPSA) is 38.3 Å². The molecule has 0 spiro atoms. The Morgan fingerprint density at radius 1 is 1.18 bits per heavy atom. The number of piperidine rings is 1. The Morgan fingerprint density at radius 3 is 2.53 bits per heavy atom. The van der Waals surface area contributed by atoms with E-state index in [2.05, 4.69) is 5.32 Å². The number of carbonyl (C=O) groups is 1. The summed E-state index contributed by atoms with van der Waals surface area (Å²) in [5, 5.41) is 3.64. The second kappa shape index (κ2) is 6.39. The molecule has 17 heavy (non-hydrogen) atoms. The molecular formula is C14H25NO2.